The molecule has 6 heteroatoms. The van der Waals surface area contributed by atoms with Crippen molar-refractivity contribution in [2.45, 2.75) is 19.9 Å². The largest absolute Gasteiger partial charge is 0.326 e. The van der Waals surface area contributed by atoms with Crippen molar-refractivity contribution in [3.05, 3.63) is 29.8 Å². The van der Waals surface area contributed by atoms with Crippen molar-refractivity contribution in [1.82, 2.24) is 4.31 Å². The van der Waals surface area contributed by atoms with Gasteiger partial charge in [-0.1, -0.05) is 12.1 Å². The van der Waals surface area contributed by atoms with Gasteiger partial charge in [0.25, 0.3) is 5.91 Å². The Hall–Kier alpha value is -1.56. The molecule has 0 bridgehead atoms. The van der Waals surface area contributed by atoms with Crippen molar-refractivity contribution in [1.29, 1.82) is 0 Å². The van der Waals surface area contributed by atoms with E-state index in [4.69, 9.17) is 1.41 Å². The average molecular weight is 241 g/mol. The number of rotatable bonds is 1. The van der Waals surface area contributed by atoms with Crippen LogP contribution in [0.1, 0.15) is 24.2 Å². The second-order valence-electron chi connectivity index (χ2n) is 3.78. The van der Waals surface area contributed by atoms with Gasteiger partial charge in [-0.15, -0.1) is 0 Å². The van der Waals surface area contributed by atoms with E-state index < -0.39 is 22.2 Å². The highest BCUT2D eigenvalue weighted by Gasteiger charge is 2.36. The Morgan fingerprint density at radius 2 is 2.00 bits per heavy atom. The van der Waals surface area contributed by atoms with Gasteiger partial charge in [0.15, 0.2) is 1.41 Å². The second kappa shape index (κ2) is 3.48. The fraction of sp³-hybridized carbons (Fsp3) is 0.300. The van der Waals surface area contributed by atoms with Crippen LogP contribution >= 0.6 is 0 Å². The molecule has 0 aliphatic carbocycles. The average Bonchev–Trinajstić information content (AvgIpc) is 2.25. The zero-order chi connectivity index (χ0) is 12.8. The second-order valence-corrected chi connectivity index (χ2v) is 5.25. The first-order chi connectivity index (χ1) is 7.87. The summed E-state index contributed by atoms with van der Waals surface area (Å²) in [7, 11) is -4.08. The van der Waals surface area contributed by atoms with Crippen LogP contribution in [0.3, 0.4) is 0 Å². The van der Waals surface area contributed by atoms with Crippen LogP contribution in [0, 0.1) is 0 Å². The number of para-hydroxylation sites is 1. The topological polar surface area (TPSA) is 66.5 Å². The van der Waals surface area contributed by atoms with Crippen molar-refractivity contribution in [3.63, 3.8) is 0 Å². The van der Waals surface area contributed by atoms with Crippen molar-refractivity contribution in [3.8, 4) is 0 Å². The molecule has 1 amide bonds. The Morgan fingerprint density at radius 1 is 1.38 bits per heavy atom. The van der Waals surface area contributed by atoms with E-state index in [0.717, 1.165) is 4.31 Å². The van der Waals surface area contributed by atoms with Crippen LogP contribution in [-0.4, -0.2) is 24.7 Å². The summed E-state index contributed by atoms with van der Waals surface area (Å²) in [6, 6.07) is 5.67. The SMILES string of the molecule is [2H]N1c2ccccc2C(=O)N(C(C)C)S1(=O)=O. The predicted molar refractivity (Wildman–Crippen MR) is 60.3 cm³/mol. The number of benzene rings is 1. The van der Waals surface area contributed by atoms with Gasteiger partial charge in [0.2, 0.25) is 0 Å². The lowest BCUT2D eigenvalue weighted by atomic mass is 10.1. The number of anilines is 1. The summed E-state index contributed by atoms with van der Waals surface area (Å²) in [5.74, 6) is -0.584. The van der Waals surface area contributed by atoms with Gasteiger partial charge in [0.05, 0.1) is 11.3 Å². The van der Waals surface area contributed by atoms with Gasteiger partial charge in [-0.2, -0.15) is 8.42 Å². The molecule has 1 aromatic rings. The number of nitrogens with zero attached hydrogens (tertiary/aromatic N) is 1. The van der Waals surface area contributed by atoms with Crippen LogP contribution in [0.2, 0.25) is 1.41 Å². The van der Waals surface area contributed by atoms with Crippen LogP contribution in [0.15, 0.2) is 24.3 Å². The Kier molecular flexibility index (Phi) is 2.10. The van der Waals surface area contributed by atoms with Crippen LogP contribution in [0.25, 0.3) is 0 Å². The minimum atomic E-state index is -4.08. The molecule has 0 radical (unpaired) electrons. The third-order valence-corrected chi connectivity index (χ3v) is 3.78. The molecule has 0 unspecified atom stereocenters. The van der Waals surface area contributed by atoms with Gasteiger partial charge in [0, 0.05) is 6.04 Å². The monoisotopic (exact) mass is 241 g/mol. The Balaban J connectivity index is 2.70. The predicted octanol–water partition coefficient (Wildman–Crippen LogP) is 1.21. The van der Waals surface area contributed by atoms with E-state index in [1.165, 1.54) is 12.1 Å². The van der Waals surface area contributed by atoms with E-state index in [-0.39, 0.29) is 11.3 Å². The van der Waals surface area contributed by atoms with E-state index in [9.17, 15) is 13.2 Å². The molecule has 1 heterocycles. The number of hydrogen-bond acceptors (Lipinski definition) is 3. The molecule has 0 aromatic heterocycles. The number of carbonyl (C=O) groups is 1. The smallest absolute Gasteiger partial charge is 0.268 e. The molecule has 1 aliphatic rings. The van der Waals surface area contributed by atoms with Crippen LogP contribution in [-0.2, 0) is 10.2 Å². The Labute approximate surface area is 95.7 Å². The number of carbonyl (C=O) groups excluding carboxylic acids is 1. The Morgan fingerprint density at radius 3 is 2.62 bits per heavy atom. The summed E-state index contributed by atoms with van der Waals surface area (Å²) >= 11 is 0. The molecule has 2 rings (SSSR count). The zero-order valence-electron chi connectivity index (χ0n) is 9.91. The molecule has 0 spiro atoms. The van der Waals surface area contributed by atoms with Gasteiger partial charge in [0.1, 0.15) is 0 Å². The van der Waals surface area contributed by atoms with Gasteiger partial charge in [-0.05, 0) is 26.0 Å². The van der Waals surface area contributed by atoms with Crippen LogP contribution < -0.4 is 4.72 Å². The molecule has 0 saturated heterocycles. The Bertz CT molecular complexity index is 571. The highest BCUT2D eigenvalue weighted by Crippen LogP contribution is 2.27. The molecule has 16 heavy (non-hydrogen) atoms. The molecule has 0 saturated carbocycles. The summed E-state index contributed by atoms with van der Waals surface area (Å²) in [5, 5.41) is 0. The van der Waals surface area contributed by atoms with Gasteiger partial charge < -0.3 is 0 Å². The van der Waals surface area contributed by atoms with E-state index in [1.807, 2.05) is 0 Å². The normalized spacial score (nSPS) is 19.7. The molecule has 5 nitrogen and oxygen atoms in total. The summed E-state index contributed by atoms with van der Waals surface area (Å²) < 4.78 is 32.7. The van der Waals surface area contributed by atoms with Gasteiger partial charge in [-0.25, -0.2) is 4.31 Å². The minimum absolute atomic E-state index is 0.0920. The maximum atomic E-state index is 12.1. The number of fused-ring (bicyclic) bond motifs is 1. The summed E-state index contributed by atoms with van der Waals surface area (Å²) in [4.78, 5) is 12.1. The first-order valence-corrected chi connectivity index (χ1v) is 6.24. The van der Waals surface area contributed by atoms with Gasteiger partial charge >= 0.3 is 10.2 Å². The fourth-order valence-electron chi connectivity index (χ4n) is 1.63. The first-order valence-electron chi connectivity index (χ1n) is 5.29. The van der Waals surface area contributed by atoms with Crippen LogP contribution in [0.4, 0.5) is 5.69 Å². The standard InChI is InChI=1S/C10H12N2O3S/c1-7(2)12-10(13)8-5-3-4-6-9(8)11-16(12,14)15/h3-7,11H,1-2H3/i/hD. The molecule has 0 atom stereocenters. The van der Waals surface area contributed by atoms with Crippen molar-refractivity contribution in [2.75, 3.05) is 4.72 Å². The third-order valence-electron chi connectivity index (χ3n) is 2.27. The molecule has 86 valence electrons. The first kappa shape index (κ1) is 9.65. The van der Waals surface area contributed by atoms with E-state index in [2.05, 4.69) is 0 Å². The van der Waals surface area contributed by atoms with Crippen LogP contribution in [0.5, 0.6) is 0 Å². The summed E-state index contributed by atoms with van der Waals surface area (Å²) in [6.45, 7) is 3.19. The van der Waals surface area contributed by atoms with Crippen molar-refractivity contribution in [2.24, 2.45) is 0 Å². The highest BCUT2D eigenvalue weighted by atomic mass is 32.2. The molecule has 0 fully saturated rings. The van der Waals surface area contributed by atoms with Crippen molar-refractivity contribution < 1.29 is 14.6 Å². The third kappa shape index (κ3) is 1.55. The lowest BCUT2D eigenvalue weighted by Gasteiger charge is -2.31. The summed E-state index contributed by atoms with van der Waals surface area (Å²) in [6.07, 6.45) is 0. The van der Waals surface area contributed by atoms with E-state index >= 15 is 0 Å². The minimum Gasteiger partial charge on any atom is -0.268 e. The molecule has 1 aliphatic heterocycles. The van der Waals surface area contributed by atoms with E-state index in [1.54, 1.807) is 26.0 Å². The maximum absolute atomic E-state index is 12.1. The van der Waals surface area contributed by atoms with Crippen molar-refractivity contribution >= 4 is 21.8 Å². The maximum Gasteiger partial charge on any atom is 0.326 e. The van der Waals surface area contributed by atoms with Gasteiger partial charge in [-0.3, -0.25) is 9.51 Å². The number of nitrogens with one attached hydrogen (secondary N) is 1. The zero-order valence-corrected chi connectivity index (χ0v) is 9.73. The van der Waals surface area contributed by atoms with E-state index in [0.29, 0.717) is 4.72 Å². The molecular formula is C10H12N2O3S. The lowest BCUT2D eigenvalue weighted by Crippen LogP contribution is -2.48. The lowest BCUT2D eigenvalue weighted by molar-refractivity contribution is 0.0834. The molecule has 1 aromatic carbocycles. The number of hydrogen-bond donors (Lipinski definition) is 1. The highest BCUT2D eigenvalue weighted by molar-refractivity contribution is 7.91. The quantitative estimate of drug-likeness (QED) is 0.803. The summed E-state index contributed by atoms with van der Waals surface area (Å²) in [5.41, 5.74) is 0.320. The molecule has 1 N–H and O–H groups in total. The number of amides is 1. The molecular weight excluding hydrogens is 228 g/mol. The fourth-order valence-corrected chi connectivity index (χ4v) is 2.96.